The second kappa shape index (κ2) is 11.2. The summed E-state index contributed by atoms with van der Waals surface area (Å²) in [6.45, 7) is 4.00. The van der Waals surface area contributed by atoms with Crippen LogP contribution < -0.4 is 15.4 Å². The Morgan fingerprint density at radius 2 is 1.43 bits per heavy atom. The van der Waals surface area contributed by atoms with Gasteiger partial charge in [-0.25, -0.2) is 9.59 Å². The van der Waals surface area contributed by atoms with E-state index in [1.165, 1.54) is 31.4 Å². The standard InChI is InChI=1S/C9H11NO3.C8H9NO4.C2H6/c1-10(2)7-3-6(9(12)13)4-8(11)5-7;1-13-7-5(9)2-4(8(11)12)3-6(7)10;1-2/h3-5,11H,1-2H3,(H,12,13);2-3,10H,9H2,1H3,(H,11,12);1-2H3. The predicted octanol–water partition coefficient (Wildman–Crippen LogP) is 2.86. The van der Waals surface area contributed by atoms with Crippen LogP contribution >= 0.6 is 0 Å². The predicted molar refractivity (Wildman–Crippen MR) is 107 cm³/mol. The highest BCUT2D eigenvalue weighted by molar-refractivity contribution is 5.90. The molecule has 0 aromatic heterocycles. The summed E-state index contributed by atoms with van der Waals surface area (Å²) in [5, 5.41) is 35.7. The molecule has 0 amide bonds. The van der Waals surface area contributed by atoms with Gasteiger partial charge in [0, 0.05) is 25.8 Å². The molecular formula is C19H26N2O7. The Hall–Kier alpha value is -3.62. The first-order chi connectivity index (χ1) is 13.1. The van der Waals surface area contributed by atoms with Gasteiger partial charge in [0.2, 0.25) is 0 Å². The van der Waals surface area contributed by atoms with Crippen LogP contribution in [-0.2, 0) is 0 Å². The van der Waals surface area contributed by atoms with E-state index < -0.39 is 11.9 Å². The minimum Gasteiger partial charge on any atom is -0.508 e. The minimum atomic E-state index is -1.15. The van der Waals surface area contributed by atoms with Crippen LogP contribution in [0.1, 0.15) is 34.6 Å². The molecule has 0 saturated carbocycles. The molecule has 0 heterocycles. The third kappa shape index (κ3) is 6.94. The first-order valence-corrected chi connectivity index (χ1v) is 8.21. The van der Waals surface area contributed by atoms with Gasteiger partial charge in [-0.05, 0) is 24.3 Å². The van der Waals surface area contributed by atoms with Crippen molar-refractivity contribution in [2.75, 3.05) is 31.8 Å². The fourth-order valence-corrected chi connectivity index (χ4v) is 1.96. The lowest BCUT2D eigenvalue weighted by atomic mass is 10.2. The number of phenolic OH excluding ortho intramolecular Hbond substituents is 2. The molecule has 0 radical (unpaired) electrons. The van der Waals surface area contributed by atoms with Gasteiger partial charge in [-0.15, -0.1) is 0 Å². The van der Waals surface area contributed by atoms with Crippen LogP contribution in [0.5, 0.6) is 17.2 Å². The Bertz CT molecular complexity index is 797. The van der Waals surface area contributed by atoms with Gasteiger partial charge >= 0.3 is 11.9 Å². The number of nitrogen functional groups attached to an aromatic ring is 1. The van der Waals surface area contributed by atoms with Gasteiger partial charge in [-0.3, -0.25) is 0 Å². The Labute approximate surface area is 163 Å². The third-order valence-corrected chi connectivity index (χ3v) is 3.22. The molecule has 0 unspecified atom stereocenters. The number of anilines is 2. The zero-order chi connectivity index (χ0) is 22.0. The minimum absolute atomic E-state index is 0.0383. The maximum Gasteiger partial charge on any atom is 0.335 e. The molecule has 28 heavy (non-hydrogen) atoms. The lowest BCUT2D eigenvalue weighted by molar-refractivity contribution is 0.0686. The molecule has 154 valence electrons. The lowest BCUT2D eigenvalue weighted by Crippen LogP contribution is -2.09. The van der Waals surface area contributed by atoms with Crippen LogP contribution in [-0.4, -0.2) is 53.6 Å². The monoisotopic (exact) mass is 394 g/mol. The number of hydrogen-bond acceptors (Lipinski definition) is 7. The van der Waals surface area contributed by atoms with Crippen molar-refractivity contribution in [2.24, 2.45) is 0 Å². The third-order valence-electron chi connectivity index (χ3n) is 3.22. The van der Waals surface area contributed by atoms with E-state index in [-0.39, 0.29) is 34.1 Å². The summed E-state index contributed by atoms with van der Waals surface area (Å²) < 4.78 is 4.74. The molecule has 2 aromatic carbocycles. The van der Waals surface area contributed by atoms with Gasteiger partial charge < -0.3 is 35.8 Å². The average Bonchev–Trinajstić information content (AvgIpc) is 2.63. The fraction of sp³-hybridized carbons (Fsp3) is 0.263. The van der Waals surface area contributed by atoms with Crippen molar-refractivity contribution in [1.82, 2.24) is 0 Å². The number of carboxylic acid groups (broad SMARTS) is 2. The first-order valence-electron chi connectivity index (χ1n) is 8.21. The summed E-state index contributed by atoms with van der Waals surface area (Å²) in [6.07, 6.45) is 0. The Morgan fingerprint density at radius 1 is 0.929 bits per heavy atom. The molecule has 0 fully saturated rings. The Morgan fingerprint density at radius 3 is 1.82 bits per heavy atom. The van der Waals surface area contributed by atoms with E-state index in [0.717, 1.165) is 6.07 Å². The SMILES string of the molecule is CC.CN(C)c1cc(O)cc(C(=O)O)c1.COc1c(N)cc(C(=O)O)cc1O. The zero-order valence-electron chi connectivity index (χ0n) is 16.4. The summed E-state index contributed by atoms with van der Waals surface area (Å²) in [6, 6.07) is 6.53. The van der Waals surface area contributed by atoms with Crippen LogP contribution in [0.4, 0.5) is 11.4 Å². The molecule has 9 heteroatoms. The number of rotatable bonds is 4. The highest BCUT2D eigenvalue weighted by Crippen LogP contribution is 2.33. The normalized spacial score (nSPS) is 9.18. The number of benzene rings is 2. The van der Waals surface area contributed by atoms with Crippen molar-refractivity contribution in [2.45, 2.75) is 13.8 Å². The molecule has 6 N–H and O–H groups in total. The van der Waals surface area contributed by atoms with Crippen molar-refractivity contribution < 1.29 is 34.8 Å². The van der Waals surface area contributed by atoms with Crippen molar-refractivity contribution in [3.05, 3.63) is 41.5 Å². The number of carbonyl (C=O) groups is 2. The van der Waals surface area contributed by atoms with E-state index in [9.17, 15) is 19.8 Å². The van der Waals surface area contributed by atoms with Gasteiger partial charge in [0.25, 0.3) is 0 Å². The highest BCUT2D eigenvalue weighted by atomic mass is 16.5. The number of aromatic hydroxyl groups is 2. The molecule has 0 aliphatic rings. The van der Waals surface area contributed by atoms with Crippen molar-refractivity contribution >= 4 is 23.3 Å². The number of methoxy groups -OCH3 is 1. The Kier molecular flexibility index (Phi) is 9.72. The van der Waals surface area contributed by atoms with Gasteiger partial charge in [0.1, 0.15) is 5.75 Å². The second-order valence-electron chi connectivity index (χ2n) is 5.36. The number of nitrogens with zero attached hydrogens (tertiary/aromatic N) is 1. The van der Waals surface area contributed by atoms with Crippen LogP contribution in [0.25, 0.3) is 0 Å². The van der Waals surface area contributed by atoms with Crippen molar-refractivity contribution in [1.29, 1.82) is 0 Å². The summed E-state index contributed by atoms with van der Waals surface area (Å²) in [7, 11) is 4.90. The van der Waals surface area contributed by atoms with E-state index in [1.807, 2.05) is 13.8 Å². The van der Waals surface area contributed by atoms with Crippen LogP contribution in [0.3, 0.4) is 0 Å². The average molecular weight is 394 g/mol. The van der Waals surface area contributed by atoms with Crippen LogP contribution in [0.2, 0.25) is 0 Å². The van der Waals surface area contributed by atoms with Gasteiger partial charge in [0.15, 0.2) is 11.5 Å². The van der Waals surface area contributed by atoms with Gasteiger partial charge in [0.05, 0.1) is 23.9 Å². The van der Waals surface area contributed by atoms with Crippen LogP contribution in [0.15, 0.2) is 30.3 Å². The smallest absolute Gasteiger partial charge is 0.335 e. The van der Waals surface area contributed by atoms with E-state index in [2.05, 4.69) is 0 Å². The quantitative estimate of drug-likeness (QED) is 0.492. The number of carboxylic acids is 2. The van der Waals surface area contributed by atoms with Gasteiger partial charge in [-0.2, -0.15) is 0 Å². The molecule has 0 spiro atoms. The molecule has 9 nitrogen and oxygen atoms in total. The highest BCUT2D eigenvalue weighted by Gasteiger charge is 2.12. The van der Waals surface area contributed by atoms with E-state index >= 15 is 0 Å². The fourth-order valence-electron chi connectivity index (χ4n) is 1.96. The zero-order valence-corrected chi connectivity index (χ0v) is 16.4. The molecule has 0 saturated heterocycles. The largest absolute Gasteiger partial charge is 0.508 e. The molecule has 2 aromatic rings. The Balaban J connectivity index is 0.000000478. The number of phenols is 2. The molecule has 0 bridgehead atoms. The first kappa shape index (κ1) is 24.4. The summed E-state index contributed by atoms with van der Waals surface area (Å²) in [4.78, 5) is 22.8. The molecule has 0 aliphatic carbocycles. The van der Waals surface area contributed by atoms with Crippen molar-refractivity contribution in [3.63, 3.8) is 0 Å². The lowest BCUT2D eigenvalue weighted by Gasteiger charge is -2.13. The van der Waals surface area contributed by atoms with E-state index in [4.69, 9.17) is 20.7 Å². The van der Waals surface area contributed by atoms with Crippen molar-refractivity contribution in [3.8, 4) is 17.2 Å². The second-order valence-corrected chi connectivity index (χ2v) is 5.36. The summed E-state index contributed by atoms with van der Waals surface area (Å²) >= 11 is 0. The number of ether oxygens (including phenoxy) is 1. The summed E-state index contributed by atoms with van der Waals surface area (Å²) in [5.74, 6) is -2.42. The molecule has 0 aliphatic heterocycles. The topological polar surface area (TPSA) is 154 Å². The number of aromatic carboxylic acids is 2. The van der Waals surface area contributed by atoms with E-state index in [0.29, 0.717) is 5.69 Å². The number of hydrogen-bond donors (Lipinski definition) is 5. The molecule has 2 rings (SSSR count). The maximum atomic E-state index is 10.6. The van der Waals surface area contributed by atoms with E-state index in [1.54, 1.807) is 19.0 Å². The summed E-state index contributed by atoms with van der Waals surface area (Å²) in [5.41, 5.74) is 6.20. The number of nitrogens with two attached hydrogens (primary N) is 1. The maximum absolute atomic E-state index is 10.6. The van der Waals surface area contributed by atoms with Gasteiger partial charge in [-0.1, -0.05) is 13.8 Å². The molecular weight excluding hydrogens is 368 g/mol. The van der Waals surface area contributed by atoms with Crippen LogP contribution in [0, 0.1) is 0 Å². The molecule has 0 atom stereocenters.